The molecule has 1 saturated heterocycles. The van der Waals surface area contributed by atoms with Gasteiger partial charge in [-0.05, 0) is 30.4 Å². The zero-order valence-electron chi connectivity index (χ0n) is 12.0. The maximum absolute atomic E-state index is 13.6. The van der Waals surface area contributed by atoms with Crippen molar-refractivity contribution >= 4 is 18.0 Å². The molecule has 1 aliphatic heterocycles. The molecule has 0 unspecified atom stereocenters. The predicted octanol–water partition coefficient (Wildman–Crippen LogP) is 3.07. The van der Waals surface area contributed by atoms with Crippen molar-refractivity contribution in [1.82, 2.24) is 10.2 Å². The van der Waals surface area contributed by atoms with E-state index in [1.165, 1.54) is 24.5 Å². The topological polar surface area (TPSA) is 62.6 Å². The molecule has 1 aromatic heterocycles. The second-order valence-corrected chi connectivity index (χ2v) is 4.87. The van der Waals surface area contributed by atoms with E-state index in [0.29, 0.717) is 5.76 Å². The molecule has 0 aliphatic carbocycles. The molecule has 1 fully saturated rings. The van der Waals surface area contributed by atoms with Crippen LogP contribution in [0.25, 0.3) is 6.08 Å². The summed E-state index contributed by atoms with van der Waals surface area (Å²) in [6, 6.07) is 8.95. The summed E-state index contributed by atoms with van der Waals surface area (Å²) in [7, 11) is 0. The monoisotopic (exact) mass is 312 g/mol. The number of nitrogens with one attached hydrogen (secondary N) is 1. The highest BCUT2D eigenvalue weighted by molar-refractivity contribution is 6.11. The average molecular weight is 312 g/mol. The molecule has 116 valence electrons. The Hall–Kier alpha value is -3.15. The number of hydrogen-bond donors (Lipinski definition) is 1. The van der Waals surface area contributed by atoms with E-state index in [1.807, 2.05) is 0 Å². The van der Waals surface area contributed by atoms with Crippen LogP contribution >= 0.6 is 0 Å². The molecule has 5 nitrogen and oxygen atoms in total. The lowest BCUT2D eigenvalue weighted by atomic mass is 10.2. The minimum Gasteiger partial charge on any atom is -0.465 e. The summed E-state index contributed by atoms with van der Waals surface area (Å²) < 4.78 is 18.8. The number of nitrogens with zero attached hydrogens (tertiary/aromatic N) is 1. The maximum atomic E-state index is 13.6. The van der Waals surface area contributed by atoms with Gasteiger partial charge in [0, 0.05) is 5.56 Å². The number of carbonyl (C=O) groups excluding carboxylic acids is 2. The van der Waals surface area contributed by atoms with Crippen molar-refractivity contribution in [3.8, 4) is 0 Å². The summed E-state index contributed by atoms with van der Waals surface area (Å²) in [4.78, 5) is 25.1. The van der Waals surface area contributed by atoms with Crippen LogP contribution in [-0.2, 0) is 11.3 Å². The third kappa shape index (κ3) is 3.21. The van der Waals surface area contributed by atoms with E-state index in [4.69, 9.17) is 4.42 Å². The third-order valence-corrected chi connectivity index (χ3v) is 3.32. The Labute approximate surface area is 131 Å². The molecule has 23 heavy (non-hydrogen) atoms. The number of furan rings is 1. The molecule has 0 radical (unpaired) electrons. The van der Waals surface area contributed by atoms with E-state index in [2.05, 4.69) is 5.32 Å². The molecular weight excluding hydrogens is 299 g/mol. The van der Waals surface area contributed by atoms with Gasteiger partial charge < -0.3 is 9.73 Å². The van der Waals surface area contributed by atoms with Crippen molar-refractivity contribution in [3.05, 3.63) is 77.7 Å². The normalized spacial score (nSPS) is 16.6. The van der Waals surface area contributed by atoms with Gasteiger partial charge >= 0.3 is 6.03 Å². The molecule has 1 aliphatic rings. The molecule has 1 aromatic carbocycles. The fourth-order valence-corrected chi connectivity index (χ4v) is 2.15. The summed E-state index contributed by atoms with van der Waals surface area (Å²) in [6.45, 7) is -0.115. The van der Waals surface area contributed by atoms with Crippen molar-refractivity contribution in [1.29, 1.82) is 0 Å². The summed E-state index contributed by atoms with van der Waals surface area (Å²) in [5, 5.41) is 2.47. The molecule has 6 heteroatoms. The number of allylic oxidation sites excluding steroid dienone is 2. The van der Waals surface area contributed by atoms with Gasteiger partial charge in [0.05, 0.1) is 12.8 Å². The molecule has 0 saturated carbocycles. The van der Waals surface area contributed by atoms with Gasteiger partial charge in [-0.1, -0.05) is 24.3 Å². The highest BCUT2D eigenvalue weighted by atomic mass is 19.1. The first-order valence-electron chi connectivity index (χ1n) is 6.93. The van der Waals surface area contributed by atoms with Crippen LogP contribution < -0.4 is 5.32 Å². The Morgan fingerprint density at radius 2 is 2.00 bits per heavy atom. The predicted molar refractivity (Wildman–Crippen MR) is 81.3 cm³/mol. The Morgan fingerprint density at radius 3 is 2.74 bits per heavy atom. The quantitative estimate of drug-likeness (QED) is 0.697. The van der Waals surface area contributed by atoms with E-state index in [0.717, 1.165) is 4.90 Å². The van der Waals surface area contributed by atoms with Gasteiger partial charge in [-0.25, -0.2) is 9.18 Å². The molecule has 3 amide bonds. The first-order chi connectivity index (χ1) is 11.1. The van der Waals surface area contributed by atoms with Gasteiger partial charge in [0.15, 0.2) is 0 Å². The minimum atomic E-state index is -0.573. The summed E-state index contributed by atoms with van der Waals surface area (Å²) in [6.07, 6.45) is 6.26. The van der Waals surface area contributed by atoms with Gasteiger partial charge in [-0.3, -0.25) is 9.69 Å². The Balaban J connectivity index is 1.73. The lowest BCUT2D eigenvalue weighted by Gasteiger charge is -2.12. The molecule has 2 aromatic rings. The fourth-order valence-electron chi connectivity index (χ4n) is 2.15. The second-order valence-electron chi connectivity index (χ2n) is 4.87. The summed E-state index contributed by atoms with van der Waals surface area (Å²) >= 11 is 0. The molecule has 2 heterocycles. The smallest absolute Gasteiger partial charge is 0.329 e. The van der Waals surface area contributed by atoms with Crippen LogP contribution in [0.1, 0.15) is 11.3 Å². The van der Waals surface area contributed by atoms with E-state index in [-0.39, 0.29) is 17.8 Å². The first kappa shape index (κ1) is 14.8. The highest BCUT2D eigenvalue weighted by Crippen LogP contribution is 2.16. The molecule has 1 N–H and O–H groups in total. The maximum Gasteiger partial charge on any atom is 0.329 e. The van der Waals surface area contributed by atoms with Crippen LogP contribution in [0.2, 0.25) is 0 Å². The average Bonchev–Trinajstić information content (AvgIpc) is 3.13. The minimum absolute atomic E-state index is 0.115. The van der Waals surface area contributed by atoms with Gasteiger partial charge in [0.25, 0.3) is 5.91 Å². The lowest BCUT2D eigenvalue weighted by molar-refractivity contribution is -0.123. The first-order valence-corrected chi connectivity index (χ1v) is 6.93. The van der Waals surface area contributed by atoms with Crippen molar-refractivity contribution in [2.24, 2.45) is 0 Å². The van der Waals surface area contributed by atoms with E-state index >= 15 is 0 Å². The van der Waals surface area contributed by atoms with Gasteiger partial charge in [0.1, 0.15) is 17.3 Å². The number of rotatable bonds is 4. The SMILES string of the molecule is O=C1N/C(=C/C=C/c2ccco2)C(=O)N1Cc1ccccc1F. The summed E-state index contributed by atoms with van der Waals surface area (Å²) in [5.41, 5.74) is 0.414. The third-order valence-electron chi connectivity index (χ3n) is 3.32. The molecule has 3 rings (SSSR count). The van der Waals surface area contributed by atoms with Crippen LogP contribution in [-0.4, -0.2) is 16.8 Å². The van der Waals surface area contributed by atoms with Crippen LogP contribution in [0.15, 0.2) is 64.9 Å². The van der Waals surface area contributed by atoms with Crippen molar-refractivity contribution in [2.75, 3.05) is 0 Å². The second kappa shape index (κ2) is 6.31. The largest absolute Gasteiger partial charge is 0.465 e. The van der Waals surface area contributed by atoms with Crippen molar-refractivity contribution < 1.29 is 18.4 Å². The van der Waals surface area contributed by atoms with Crippen LogP contribution in [0, 0.1) is 5.82 Å². The fraction of sp³-hybridized carbons (Fsp3) is 0.0588. The van der Waals surface area contributed by atoms with E-state index in [1.54, 1.807) is 36.4 Å². The number of benzene rings is 1. The molecular formula is C17H13FN2O3. The molecule has 0 spiro atoms. The lowest BCUT2D eigenvalue weighted by Crippen LogP contribution is -2.30. The Morgan fingerprint density at radius 1 is 1.17 bits per heavy atom. The van der Waals surface area contributed by atoms with Crippen molar-refractivity contribution in [3.63, 3.8) is 0 Å². The van der Waals surface area contributed by atoms with E-state index < -0.39 is 17.8 Å². The molecule has 0 atom stereocenters. The van der Waals surface area contributed by atoms with Crippen LogP contribution in [0.4, 0.5) is 9.18 Å². The standard InChI is InChI=1S/C17H13FN2O3/c18-14-8-2-1-5-12(14)11-20-16(21)15(19-17(20)22)9-3-6-13-7-4-10-23-13/h1-10H,11H2,(H,19,22)/b6-3+,15-9+. The zero-order valence-corrected chi connectivity index (χ0v) is 12.0. The number of carbonyl (C=O) groups is 2. The summed E-state index contributed by atoms with van der Waals surface area (Å²) in [5.74, 6) is -0.326. The number of hydrogen-bond acceptors (Lipinski definition) is 3. The van der Waals surface area contributed by atoms with E-state index in [9.17, 15) is 14.0 Å². The van der Waals surface area contributed by atoms with Crippen LogP contribution in [0.5, 0.6) is 0 Å². The molecule has 0 bridgehead atoms. The Bertz CT molecular complexity index is 794. The number of urea groups is 1. The zero-order chi connectivity index (χ0) is 16.2. The van der Waals surface area contributed by atoms with Crippen LogP contribution in [0.3, 0.4) is 0 Å². The number of halogens is 1. The number of imide groups is 1. The highest BCUT2D eigenvalue weighted by Gasteiger charge is 2.33. The Kier molecular flexibility index (Phi) is 4.05. The number of amides is 3. The van der Waals surface area contributed by atoms with Gasteiger partial charge in [-0.15, -0.1) is 0 Å². The van der Waals surface area contributed by atoms with Gasteiger partial charge in [-0.2, -0.15) is 0 Å². The van der Waals surface area contributed by atoms with Crippen molar-refractivity contribution in [2.45, 2.75) is 6.54 Å². The van der Waals surface area contributed by atoms with Gasteiger partial charge in [0.2, 0.25) is 0 Å².